The molecule has 0 bridgehead atoms. The molecule has 148 valence electrons. The second-order valence-corrected chi connectivity index (χ2v) is 14.6. The summed E-state index contributed by atoms with van der Waals surface area (Å²) in [5.41, 5.74) is 3.17. The Morgan fingerprint density at radius 3 is 1.76 bits per heavy atom. The van der Waals surface area contributed by atoms with Gasteiger partial charge < -0.3 is 9.16 Å². The van der Waals surface area contributed by atoms with Gasteiger partial charge in [-0.15, -0.1) is 0 Å². The predicted octanol–water partition coefficient (Wildman–Crippen LogP) is 6.96. The van der Waals surface area contributed by atoms with Crippen LogP contribution in [0.1, 0.15) is 81.6 Å². The van der Waals surface area contributed by atoms with E-state index in [0.29, 0.717) is 22.5 Å². The summed E-state index contributed by atoms with van der Waals surface area (Å²) < 4.78 is 13.4. The Bertz CT molecular complexity index is 416. The molecule has 0 aromatic rings. The zero-order valence-corrected chi connectivity index (χ0v) is 19.6. The Morgan fingerprint density at radius 1 is 1.04 bits per heavy atom. The fourth-order valence-electron chi connectivity index (χ4n) is 5.90. The summed E-state index contributed by atoms with van der Waals surface area (Å²) in [5, 5.41) is 0. The highest BCUT2D eigenvalue weighted by Crippen LogP contribution is 2.55. The molecule has 3 heteroatoms. The Balaban J connectivity index is 3.46. The van der Waals surface area contributed by atoms with Crippen LogP contribution >= 0.6 is 0 Å². The van der Waals surface area contributed by atoms with Gasteiger partial charge in [0.25, 0.3) is 0 Å². The molecule has 2 nitrogen and oxygen atoms in total. The summed E-state index contributed by atoms with van der Waals surface area (Å²) in [7, 11) is -0.0650. The van der Waals surface area contributed by atoms with Crippen LogP contribution in [0.4, 0.5) is 0 Å². The van der Waals surface area contributed by atoms with E-state index in [1.165, 1.54) is 5.57 Å². The van der Waals surface area contributed by atoms with E-state index in [1.54, 1.807) is 0 Å². The molecular weight excluding hydrogens is 324 g/mol. The molecule has 1 saturated carbocycles. The summed E-state index contributed by atoms with van der Waals surface area (Å²) in [6.45, 7) is 25.4. The van der Waals surface area contributed by atoms with Crippen LogP contribution in [0.2, 0.25) is 16.6 Å². The van der Waals surface area contributed by atoms with E-state index in [9.17, 15) is 0 Å². The smallest absolute Gasteiger partial charge is 0.200 e. The van der Waals surface area contributed by atoms with Crippen molar-refractivity contribution in [1.82, 2.24) is 0 Å². The zero-order chi connectivity index (χ0) is 19.6. The molecule has 0 radical (unpaired) electrons. The van der Waals surface area contributed by atoms with Crippen molar-refractivity contribution in [3.05, 3.63) is 12.2 Å². The minimum atomic E-state index is -1.94. The fourth-order valence-corrected chi connectivity index (χ4v) is 11.6. The van der Waals surface area contributed by atoms with Crippen molar-refractivity contribution in [3.8, 4) is 0 Å². The second-order valence-electron chi connectivity index (χ2n) is 9.21. The van der Waals surface area contributed by atoms with E-state index in [4.69, 9.17) is 9.16 Å². The van der Waals surface area contributed by atoms with Gasteiger partial charge in [0.15, 0.2) is 0 Å². The van der Waals surface area contributed by atoms with Crippen molar-refractivity contribution in [1.29, 1.82) is 0 Å². The first-order valence-electron chi connectivity index (χ1n) is 10.4. The van der Waals surface area contributed by atoms with Crippen LogP contribution in [-0.4, -0.2) is 27.6 Å². The highest BCUT2D eigenvalue weighted by molar-refractivity contribution is 6.77. The molecule has 0 amide bonds. The molecular formula is C22H44O2Si. The number of hydrogen-bond acceptors (Lipinski definition) is 2. The van der Waals surface area contributed by atoms with Gasteiger partial charge >= 0.3 is 0 Å². The Morgan fingerprint density at radius 2 is 1.48 bits per heavy atom. The van der Waals surface area contributed by atoms with Crippen molar-refractivity contribution < 1.29 is 9.16 Å². The molecule has 1 fully saturated rings. The van der Waals surface area contributed by atoms with E-state index in [1.807, 2.05) is 7.11 Å². The van der Waals surface area contributed by atoms with E-state index >= 15 is 0 Å². The summed E-state index contributed by atoms with van der Waals surface area (Å²) in [6.07, 6.45) is 3.78. The SMILES string of the molecule is C=C(C)C1C[C@H](OC)C(CC)(CC)[C@H]1O[Si](C(C)C)(C(C)C)C(C)C. The lowest BCUT2D eigenvalue weighted by Gasteiger charge is -2.49. The molecule has 1 rings (SSSR count). The lowest BCUT2D eigenvalue weighted by molar-refractivity contribution is -0.0497. The van der Waals surface area contributed by atoms with Gasteiger partial charge in [0.1, 0.15) is 0 Å². The van der Waals surface area contributed by atoms with Crippen LogP contribution in [0.25, 0.3) is 0 Å². The van der Waals surface area contributed by atoms with Gasteiger partial charge in [0, 0.05) is 18.4 Å². The summed E-state index contributed by atoms with van der Waals surface area (Å²) >= 11 is 0. The van der Waals surface area contributed by atoms with Gasteiger partial charge in [-0.05, 0) is 42.8 Å². The first kappa shape index (κ1) is 22.9. The highest BCUT2D eigenvalue weighted by Gasteiger charge is 2.58. The molecule has 1 aliphatic rings. The van der Waals surface area contributed by atoms with E-state index in [0.717, 1.165) is 19.3 Å². The van der Waals surface area contributed by atoms with Crippen LogP contribution in [0.3, 0.4) is 0 Å². The standard InChI is InChI=1S/C22H44O2Si/c1-12-22(13-2)20(23-11)14-19(15(3)4)21(22)24-25(16(5)6,17(7)8)18(9)10/h16-21H,3,12-14H2,1-2,4-11H3/t19?,20-,21-/m0/s1. The monoisotopic (exact) mass is 368 g/mol. The molecule has 0 saturated heterocycles. The quantitative estimate of drug-likeness (QED) is 0.323. The van der Waals surface area contributed by atoms with Crippen LogP contribution in [0.15, 0.2) is 12.2 Å². The molecule has 0 aromatic carbocycles. The summed E-state index contributed by atoms with van der Waals surface area (Å²) in [6, 6.07) is 0. The van der Waals surface area contributed by atoms with E-state index < -0.39 is 8.32 Å². The topological polar surface area (TPSA) is 18.5 Å². The van der Waals surface area contributed by atoms with Gasteiger partial charge in [0.2, 0.25) is 8.32 Å². The minimum absolute atomic E-state index is 0.106. The second kappa shape index (κ2) is 8.71. The normalized spacial score (nSPS) is 26.8. The third-order valence-electron chi connectivity index (χ3n) is 7.31. The van der Waals surface area contributed by atoms with Gasteiger partial charge in [-0.2, -0.15) is 0 Å². The molecule has 0 heterocycles. The molecule has 3 atom stereocenters. The lowest BCUT2D eigenvalue weighted by Crippen LogP contribution is -2.55. The third kappa shape index (κ3) is 3.79. The van der Waals surface area contributed by atoms with Gasteiger partial charge in [-0.25, -0.2) is 0 Å². The van der Waals surface area contributed by atoms with Gasteiger partial charge in [-0.1, -0.05) is 67.5 Å². The maximum atomic E-state index is 7.39. The zero-order valence-electron chi connectivity index (χ0n) is 18.6. The molecule has 0 aromatic heterocycles. The molecule has 1 aliphatic carbocycles. The van der Waals surface area contributed by atoms with Crippen LogP contribution < -0.4 is 0 Å². The maximum absolute atomic E-state index is 7.39. The van der Waals surface area contributed by atoms with Crippen molar-refractivity contribution in [2.45, 2.75) is 110 Å². The van der Waals surface area contributed by atoms with E-state index in [-0.39, 0.29) is 17.6 Å². The molecule has 0 aliphatic heterocycles. The van der Waals surface area contributed by atoms with Gasteiger partial charge in [0.05, 0.1) is 12.2 Å². The minimum Gasteiger partial charge on any atom is -0.412 e. The van der Waals surface area contributed by atoms with Crippen LogP contribution in [-0.2, 0) is 9.16 Å². The average Bonchev–Trinajstić information content (AvgIpc) is 2.84. The van der Waals surface area contributed by atoms with E-state index in [2.05, 4.69) is 68.9 Å². The number of methoxy groups -OCH3 is 1. The van der Waals surface area contributed by atoms with Crippen LogP contribution in [0.5, 0.6) is 0 Å². The van der Waals surface area contributed by atoms with Crippen molar-refractivity contribution in [3.63, 3.8) is 0 Å². The Labute approximate surface area is 158 Å². The number of hydrogen-bond donors (Lipinski definition) is 0. The number of ether oxygens (including phenoxy) is 1. The third-order valence-corrected chi connectivity index (χ3v) is 13.4. The Kier molecular flexibility index (Phi) is 7.98. The molecule has 0 N–H and O–H groups in total. The van der Waals surface area contributed by atoms with Gasteiger partial charge in [-0.3, -0.25) is 0 Å². The summed E-state index contributed by atoms with van der Waals surface area (Å²) in [5.74, 6) is 0.410. The Hall–Kier alpha value is -0.123. The largest absolute Gasteiger partial charge is 0.412 e. The average molecular weight is 369 g/mol. The van der Waals surface area contributed by atoms with Crippen molar-refractivity contribution in [2.75, 3.05) is 7.11 Å². The lowest BCUT2D eigenvalue weighted by atomic mass is 9.75. The molecule has 1 unspecified atom stereocenters. The summed E-state index contributed by atoms with van der Waals surface area (Å²) in [4.78, 5) is 0. The fraction of sp³-hybridized carbons (Fsp3) is 0.909. The first-order valence-corrected chi connectivity index (χ1v) is 12.5. The first-order chi connectivity index (χ1) is 11.5. The maximum Gasteiger partial charge on any atom is 0.200 e. The molecule has 25 heavy (non-hydrogen) atoms. The predicted molar refractivity (Wildman–Crippen MR) is 113 cm³/mol. The molecule has 0 spiro atoms. The van der Waals surface area contributed by atoms with Crippen molar-refractivity contribution in [2.24, 2.45) is 11.3 Å². The van der Waals surface area contributed by atoms with Crippen LogP contribution in [0, 0.1) is 11.3 Å². The highest BCUT2D eigenvalue weighted by atomic mass is 28.4. The van der Waals surface area contributed by atoms with Crippen molar-refractivity contribution >= 4 is 8.32 Å². The number of rotatable bonds is 9.